The summed E-state index contributed by atoms with van der Waals surface area (Å²) in [4.78, 5) is 19.9. The SMILES string of the molecule is CN(C)Cc1nc(Nc2ccc(-c3cnn4cc(F)ccc34)c3c2C(=O)NC3)ccc1[C@H]1CCOC1. The average Bonchev–Trinajstić information content (AvgIpc) is 3.60. The summed E-state index contributed by atoms with van der Waals surface area (Å²) in [5, 5.41) is 10.6. The molecule has 1 atom stereocenters. The number of hydrogen-bond acceptors (Lipinski definition) is 6. The summed E-state index contributed by atoms with van der Waals surface area (Å²) in [5.41, 5.74) is 6.94. The number of amides is 1. The van der Waals surface area contributed by atoms with Crippen molar-refractivity contribution in [2.45, 2.75) is 25.4 Å². The third-order valence-corrected chi connectivity index (χ3v) is 6.84. The lowest BCUT2D eigenvalue weighted by molar-refractivity contribution is 0.0966. The second-order valence-electron chi connectivity index (χ2n) is 9.59. The summed E-state index contributed by atoms with van der Waals surface area (Å²) in [7, 11) is 4.06. The van der Waals surface area contributed by atoms with E-state index in [0.717, 1.165) is 47.5 Å². The lowest BCUT2D eigenvalue weighted by Gasteiger charge is -2.19. The largest absolute Gasteiger partial charge is 0.381 e. The summed E-state index contributed by atoms with van der Waals surface area (Å²) in [6.07, 6.45) is 4.05. The average molecular weight is 487 g/mol. The maximum absolute atomic E-state index is 13.7. The van der Waals surface area contributed by atoms with Crippen LogP contribution in [0.1, 0.15) is 39.5 Å². The number of pyridine rings is 2. The van der Waals surface area contributed by atoms with Crippen LogP contribution in [0.2, 0.25) is 0 Å². The van der Waals surface area contributed by atoms with E-state index in [-0.39, 0.29) is 11.7 Å². The highest BCUT2D eigenvalue weighted by molar-refractivity contribution is 6.06. The van der Waals surface area contributed by atoms with Gasteiger partial charge in [0.2, 0.25) is 0 Å². The van der Waals surface area contributed by atoms with Crippen molar-refractivity contribution in [1.82, 2.24) is 24.8 Å². The zero-order valence-electron chi connectivity index (χ0n) is 20.2. The summed E-state index contributed by atoms with van der Waals surface area (Å²) in [6.45, 7) is 2.63. The van der Waals surface area contributed by atoms with Gasteiger partial charge in [-0.3, -0.25) is 4.79 Å². The van der Waals surface area contributed by atoms with Gasteiger partial charge in [-0.15, -0.1) is 0 Å². The summed E-state index contributed by atoms with van der Waals surface area (Å²) >= 11 is 0. The molecule has 0 radical (unpaired) electrons. The Morgan fingerprint density at radius 2 is 2.08 bits per heavy atom. The van der Waals surface area contributed by atoms with Gasteiger partial charge in [0.25, 0.3) is 5.91 Å². The first-order chi connectivity index (χ1) is 17.5. The van der Waals surface area contributed by atoms with Gasteiger partial charge in [0.15, 0.2) is 0 Å². The van der Waals surface area contributed by atoms with Crippen LogP contribution >= 0.6 is 0 Å². The molecule has 2 aliphatic heterocycles. The molecule has 1 fully saturated rings. The van der Waals surface area contributed by atoms with Crippen molar-refractivity contribution < 1.29 is 13.9 Å². The highest BCUT2D eigenvalue weighted by atomic mass is 19.1. The first kappa shape index (κ1) is 22.6. The van der Waals surface area contributed by atoms with Crippen LogP contribution < -0.4 is 10.6 Å². The van der Waals surface area contributed by atoms with Crippen LogP contribution in [0.15, 0.2) is 48.8 Å². The molecule has 2 aliphatic rings. The van der Waals surface area contributed by atoms with Crippen molar-refractivity contribution in [2.75, 3.05) is 32.6 Å². The number of anilines is 2. The molecule has 184 valence electrons. The van der Waals surface area contributed by atoms with Crippen molar-refractivity contribution in [3.63, 3.8) is 0 Å². The predicted octanol–water partition coefficient (Wildman–Crippen LogP) is 4.09. The van der Waals surface area contributed by atoms with Crippen LogP contribution in [0.25, 0.3) is 16.6 Å². The Hall–Kier alpha value is -3.82. The van der Waals surface area contributed by atoms with Gasteiger partial charge in [-0.2, -0.15) is 5.10 Å². The molecule has 4 aromatic rings. The van der Waals surface area contributed by atoms with E-state index in [2.05, 4.69) is 26.7 Å². The third kappa shape index (κ3) is 4.00. The molecular weight excluding hydrogens is 459 g/mol. The van der Waals surface area contributed by atoms with E-state index in [4.69, 9.17) is 9.72 Å². The van der Waals surface area contributed by atoms with Crippen molar-refractivity contribution >= 4 is 22.9 Å². The first-order valence-corrected chi connectivity index (χ1v) is 12.0. The van der Waals surface area contributed by atoms with Crippen LogP contribution in [0.4, 0.5) is 15.9 Å². The maximum Gasteiger partial charge on any atom is 0.254 e. The molecule has 0 bridgehead atoms. The fraction of sp³-hybridized carbons (Fsp3) is 0.296. The number of ether oxygens (including phenoxy) is 1. The van der Waals surface area contributed by atoms with Gasteiger partial charge in [0.1, 0.15) is 11.6 Å². The van der Waals surface area contributed by atoms with Gasteiger partial charge in [0, 0.05) is 31.2 Å². The Balaban J connectivity index is 1.38. The fourth-order valence-electron chi connectivity index (χ4n) is 5.17. The van der Waals surface area contributed by atoms with Crippen LogP contribution in [0.5, 0.6) is 0 Å². The molecule has 1 amide bonds. The summed E-state index contributed by atoms with van der Waals surface area (Å²) in [5.74, 6) is 0.558. The van der Waals surface area contributed by atoms with Gasteiger partial charge >= 0.3 is 0 Å². The fourth-order valence-corrected chi connectivity index (χ4v) is 5.17. The molecule has 9 heteroatoms. The van der Waals surface area contributed by atoms with E-state index in [1.807, 2.05) is 32.3 Å². The quantitative estimate of drug-likeness (QED) is 0.427. The first-order valence-electron chi connectivity index (χ1n) is 12.0. The summed E-state index contributed by atoms with van der Waals surface area (Å²) < 4.78 is 20.8. The Kier molecular flexibility index (Phi) is 5.66. The van der Waals surface area contributed by atoms with Crippen LogP contribution in [-0.2, 0) is 17.8 Å². The van der Waals surface area contributed by atoms with Crippen molar-refractivity contribution in [3.05, 3.63) is 77.0 Å². The number of carbonyl (C=O) groups excluding carboxylic acids is 1. The topological polar surface area (TPSA) is 83.8 Å². The van der Waals surface area contributed by atoms with Crippen molar-refractivity contribution in [1.29, 1.82) is 0 Å². The standard InChI is InChI=1S/C27H27FN6O2/c1-33(2)14-23-18(16-9-10-36-15-16)5-8-25(32-23)31-22-6-4-19(21-11-29-27(35)26(21)22)20-12-30-34-13-17(28)3-7-24(20)34/h3-8,12-13,16H,9-11,14-15H2,1-2H3,(H,29,35)(H,31,32)/t16-/m0/s1. The number of rotatable bonds is 6. The molecule has 3 aromatic heterocycles. The van der Waals surface area contributed by atoms with Gasteiger partial charge in [-0.05, 0) is 61.5 Å². The molecule has 1 aromatic carbocycles. The molecule has 5 heterocycles. The molecule has 36 heavy (non-hydrogen) atoms. The number of carbonyl (C=O) groups is 1. The minimum Gasteiger partial charge on any atom is -0.381 e. The lowest BCUT2D eigenvalue weighted by atomic mass is 9.95. The number of halogens is 1. The van der Waals surface area contributed by atoms with E-state index < -0.39 is 0 Å². The molecule has 1 saturated heterocycles. The van der Waals surface area contributed by atoms with Crippen molar-refractivity contribution in [3.8, 4) is 11.1 Å². The number of aromatic nitrogens is 3. The molecule has 0 aliphatic carbocycles. The lowest BCUT2D eigenvalue weighted by Crippen LogP contribution is -2.16. The minimum absolute atomic E-state index is 0.134. The minimum atomic E-state index is -0.355. The highest BCUT2D eigenvalue weighted by Crippen LogP contribution is 2.37. The number of benzene rings is 1. The van der Waals surface area contributed by atoms with Gasteiger partial charge in [0.05, 0.1) is 41.5 Å². The van der Waals surface area contributed by atoms with Gasteiger partial charge < -0.3 is 20.3 Å². The molecule has 0 spiro atoms. The molecule has 8 nitrogen and oxygen atoms in total. The molecule has 0 unspecified atom stereocenters. The Morgan fingerprint density at radius 3 is 2.89 bits per heavy atom. The molecular formula is C27H27FN6O2. The zero-order valence-corrected chi connectivity index (χ0v) is 20.2. The smallest absolute Gasteiger partial charge is 0.254 e. The maximum atomic E-state index is 13.7. The van der Waals surface area contributed by atoms with Crippen LogP contribution in [-0.4, -0.2) is 52.7 Å². The number of fused-ring (bicyclic) bond motifs is 2. The third-order valence-electron chi connectivity index (χ3n) is 6.84. The van der Waals surface area contributed by atoms with E-state index >= 15 is 0 Å². The Bertz CT molecular complexity index is 1470. The van der Waals surface area contributed by atoms with Gasteiger partial charge in [-0.25, -0.2) is 13.9 Å². The van der Waals surface area contributed by atoms with Gasteiger partial charge in [-0.1, -0.05) is 12.1 Å². The molecule has 6 rings (SSSR count). The van der Waals surface area contributed by atoms with Crippen LogP contribution in [0.3, 0.4) is 0 Å². The molecule has 2 N–H and O–H groups in total. The van der Waals surface area contributed by atoms with E-state index in [9.17, 15) is 9.18 Å². The van der Waals surface area contributed by atoms with E-state index in [0.29, 0.717) is 36.1 Å². The molecule has 0 saturated carbocycles. The zero-order chi connectivity index (χ0) is 24.8. The Labute approximate surface area is 208 Å². The number of nitrogens with zero attached hydrogens (tertiary/aromatic N) is 4. The second kappa shape index (κ2) is 9.00. The predicted molar refractivity (Wildman–Crippen MR) is 135 cm³/mol. The van der Waals surface area contributed by atoms with Crippen LogP contribution in [0, 0.1) is 5.82 Å². The summed E-state index contributed by atoms with van der Waals surface area (Å²) in [6, 6.07) is 11.1. The Morgan fingerprint density at radius 1 is 1.19 bits per heavy atom. The number of hydrogen-bond donors (Lipinski definition) is 2. The van der Waals surface area contributed by atoms with E-state index in [1.54, 1.807) is 12.3 Å². The van der Waals surface area contributed by atoms with E-state index in [1.165, 1.54) is 22.3 Å². The second-order valence-corrected chi connectivity index (χ2v) is 9.59. The monoisotopic (exact) mass is 486 g/mol. The van der Waals surface area contributed by atoms with Crippen molar-refractivity contribution in [2.24, 2.45) is 0 Å². The normalized spacial score (nSPS) is 17.1. The number of nitrogens with one attached hydrogen (secondary N) is 2. The highest BCUT2D eigenvalue weighted by Gasteiger charge is 2.28.